The molecule has 24 N–H and O–H groups in total. The molecule has 11 amide bonds. The molecule has 0 unspecified atom stereocenters. The Labute approximate surface area is 737 Å². The van der Waals surface area contributed by atoms with Gasteiger partial charge in [-0.25, -0.2) is 0 Å². The molecule has 0 radical (unpaired) electrons. The number of phenolic OH excluding ortho intramolecular Hbond substituents is 2. The first-order valence-corrected chi connectivity index (χ1v) is 43.0. The van der Waals surface area contributed by atoms with Gasteiger partial charge in [0.25, 0.3) is 0 Å². The lowest BCUT2D eigenvalue weighted by molar-refractivity contribution is -0.142. The van der Waals surface area contributed by atoms with Gasteiger partial charge in [-0.2, -0.15) is 23.5 Å². The zero-order chi connectivity index (χ0) is 93.8. The first-order chi connectivity index (χ1) is 60.3. The zero-order valence-corrected chi connectivity index (χ0v) is 71.4. The van der Waals surface area contributed by atoms with E-state index in [9.17, 15) is 132 Å². The fourth-order valence-corrected chi connectivity index (χ4v) is 14.0. The van der Waals surface area contributed by atoms with Crippen LogP contribution in [0, 0.1) is 0 Å². The topological polar surface area (TPSA) is 687 Å². The number of rotatable bonds is 62. The lowest BCUT2D eigenvalue weighted by atomic mass is 10.0. The summed E-state index contributed by atoms with van der Waals surface area (Å²) in [6, 6.07) is 8.71. The fraction of sp³-hybridized carbons (Fsp3) is 0.463. The van der Waals surface area contributed by atoms with Gasteiger partial charge in [-0.1, -0.05) is 72.8 Å². The molecule has 1 aromatic heterocycles. The molecular weight excluding hydrogens is 1710 g/mol. The molecule has 0 aliphatic heterocycles. The number of carbonyl (C=O) groups is 18. The molecule has 0 bridgehead atoms. The van der Waals surface area contributed by atoms with Crippen molar-refractivity contribution in [3.63, 3.8) is 0 Å². The van der Waals surface area contributed by atoms with Gasteiger partial charge in [0, 0.05) is 108 Å². The number of aromatic hydroxyl groups is 2. The smallest absolute Gasteiger partial charge is 0.305 e. The maximum atomic E-state index is 14.9. The van der Waals surface area contributed by atoms with Crippen LogP contribution >= 0.6 is 23.5 Å². The number of amides is 11. The number of para-hydroxylation sites is 1. The molecule has 43 nitrogen and oxygen atoms in total. The molecule has 1 heterocycles. The Kier molecular flexibility index (Phi) is 45.0. The zero-order valence-electron chi connectivity index (χ0n) is 69.7. The van der Waals surface area contributed by atoms with Crippen molar-refractivity contribution >= 4 is 141 Å². The SMILES string of the molecule is CSCC[C@H](NC(=O)[C@H](Cc1c[nH]c2ccccc12)NC(=O)[C@H](CN)NC(=O)[C@H](CCSC)NC(=O)[C@H](Cc1ccc(O)cc1)NC(=O)[C@H](CC(=O)O)NC(=O)[C@H](Cc1ccc(O)cc1)NC(=O)CNC(=O)[C@H](CCC(=O)O)N(CCN(CCC(=O)O)CCC(=O)O)CCN(CCC(=O)O)CCC(=O)O)C(=O)N[C@@H](CC(=O)O)C(=O)N[C@@H](Cc1ccccc1)C(N)=O. The number of carboxylic acid groups (broad SMARTS) is 7. The second kappa shape index (κ2) is 54.7. The number of thioether (sulfide) groups is 2. The van der Waals surface area contributed by atoms with Gasteiger partial charge in [0.1, 0.15) is 65.9 Å². The lowest BCUT2D eigenvalue weighted by Crippen LogP contribution is -2.62. The van der Waals surface area contributed by atoms with Crippen LogP contribution in [0.3, 0.4) is 0 Å². The number of hydrogen-bond donors (Lipinski definition) is 22. The van der Waals surface area contributed by atoms with Crippen molar-refractivity contribution in [1.82, 2.24) is 72.9 Å². The Balaban J connectivity index is 1.43. The van der Waals surface area contributed by atoms with Crippen molar-refractivity contribution < 1.29 is 132 Å². The summed E-state index contributed by atoms with van der Waals surface area (Å²) in [5.74, 6) is -21.8. The molecule has 0 saturated carbocycles. The van der Waals surface area contributed by atoms with Crippen molar-refractivity contribution in [2.24, 2.45) is 11.5 Å². The summed E-state index contributed by atoms with van der Waals surface area (Å²) < 4.78 is 0. The lowest BCUT2D eigenvalue weighted by Gasteiger charge is -2.34. The summed E-state index contributed by atoms with van der Waals surface area (Å²) in [7, 11) is 0. The van der Waals surface area contributed by atoms with E-state index >= 15 is 0 Å². The normalized spacial score (nSPS) is 13.6. The highest BCUT2D eigenvalue weighted by Gasteiger charge is 2.38. The predicted octanol–water partition coefficient (Wildman–Crippen LogP) is -2.73. The molecule has 10 atom stereocenters. The number of phenols is 2. The van der Waals surface area contributed by atoms with Crippen LogP contribution in [-0.4, -0.2) is 322 Å². The second-order valence-corrected chi connectivity index (χ2v) is 31.4. The number of carbonyl (C=O) groups excluding carboxylic acids is 11. The summed E-state index contributed by atoms with van der Waals surface area (Å²) >= 11 is 2.47. The molecule has 127 heavy (non-hydrogen) atoms. The van der Waals surface area contributed by atoms with E-state index in [0.29, 0.717) is 22.0 Å². The van der Waals surface area contributed by atoms with Gasteiger partial charge < -0.3 is 125 Å². The maximum absolute atomic E-state index is 14.9. The summed E-state index contributed by atoms with van der Waals surface area (Å²) in [5, 5.41) is 114. The minimum Gasteiger partial charge on any atom is -0.508 e. The maximum Gasteiger partial charge on any atom is 0.305 e. The summed E-state index contributed by atoms with van der Waals surface area (Å²) in [5.41, 5.74) is 14.0. The van der Waals surface area contributed by atoms with Crippen LogP contribution in [0.5, 0.6) is 11.5 Å². The van der Waals surface area contributed by atoms with Crippen molar-refractivity contribution in [2.75, 3.05) is 89.5 Å². The van der Waals surface area contributed by atoms with E-state index in [-0.39, 0.29) is 112 Å². The third kappa shape index (κ3) is 39.0. The van der Waals surface area contributed by atoms with Crippen LogP contribution in [0.25, 0.3) is 10.9 Å². The van der Waals surface area contributed by atoms with E-state index in [1.807, 2.05) is 0 Å². The van der Waals surface area contributed by atoms with Gasteiger partial charge in [0.05, 0.1) is 51.1 Å². The third-order valence-electron chi connectivity index (χ3n) is 19.9. The van der Waals surface area contributed by atoms with Gasteiger partial charge in [-0.3, -0.25) is 91.2 Å². The Morgan fingerprint density at radius 3 is 1.14 bits per heavy atom. The Morgan fingerprint density at radius 1 is 0.370 bits per heavy atom. The van der Waals surface area contributed by atoms with Gasteiger partial charge in [-0.15, -0.1) is 0 Å². The summed E-state index contributed by atoms with van der Waals surface area (Å²) in [6.07, 6.45) is -1.95. The molecule has 0 aliphatic rings. The Hall–Kier alpha value is -13.0. The van der Waals surface area contributed by atoms with Crippen molar-refractivity contribution in [3.05, 3.63) is 132 Å². The molecule has 0 fully saturated rings. The standard InChI is InChI=1S/C82H110N16O27S2/c1-126-36-26-55(74(117)93-61(42-71(112)113)79(122)90-57(73(84)116)38-47-8-4-3-5-9-47)89-78(121)60(41-50-45-85-54-11-7-6-10-53(50)54)92-81(124)63(44-83)95-75(118)56(27-37-127-2)88-77(120)59(40-49-14-18-52(100)19-15-49)91-80(123)62(43-72(114)115)94-76(119)58(39-48-12-16-51(99)17-13-48)87-65(101)46-86-82(125)64(20-21-66(102)103)98(34-32-96(28-22-67(104)105)29-23-68(106)107)35-33-97(30-24-69(108)109)31-25-70(110)111/h3-19,45,55-64,85,99-100H,20-44,46,83H2,1-2H3,(H2,84,116)(H,86,125)(H,87,101)(H,88,120)(H,89,121)(H,90,122)(H,91,123)(H,92,124)(H,93,117)(H,94,119)(H,95,118)(H,102,103)(H,104,105)(H,106,107)(H,108,109)(H,110,111)(H,112,113)(H,114,115)/t55-,56-,57-,58-,59-,60-,61-,62-,63-,64-/m0/s1. The number of H-pyrrole nitrogens is 1. The third-order valence-corrected chi connectivity index (χ3v) is 21.2. The van der Waals surface area contributed by atoms with E-state index in [1.165, 1.54) is 86.8 Å². The van der Waals surface area contributed by atoms with Crippen molar-refractivity contribution in [3.8, 4) is 11.5 Å². The molecule has 692 valence electrons. The number of benzene rings is 4. The van der Waals surface area contributed by atoms with Crippen LogP contribution in [0.2, 0.25) is 0 Å². The van der Waals surface area contributed by atoms with E-state index in [0.717, 1.165) is 0 Å². The molecule has 4 aromatic carbocycles. The van der Waals surface area contributed by atoms with Gasteiger partial charge in [-0.05, 0) is 95.9 Å². The van der Waals surface area contributed by atoms with Gasteiger partial charge in [0.2, 0.25) is 65.0 Å². The predicted molar refractivity (Wildman–Crippen MR) is 459 cm³/mol. The minimum absolute atomic E-state index is 0.0950. The minimum atomic E-state index is -2.13. The van der Waals surface area contributed by atoms with E-state index in [2.05, 4.69) is 58.2 Å². The highest BCUT2D eigenvalue weighted by Crippen LogP contribution is 2.22. The quantitative estimate of drug-likeness (QED) is 0.0188. The number of aliphatic carboxylic acids is 7. The van der Waals surface area contributed by atoms with Gasteiger partial charge in [0.15, 0.2) is 0 Å². The van der Waals surface area contributed by atoms with Crippen LogP contribution in [0.4, 0.5) is 0 Å². The molecule has 0 saturated heterocycles. The average Bonchev–Trinajstić information content (AvgIpc) is 1.26. The average molecular weight is 1820 g/mol. The van der Waals surface area contributed by atoms with E-state index in [4.69, 9.17) is 11.5 Å². The molecular formula is C82H110N16O27S2. The van der Waals surface area contributed by atoms with Crippen molar-refractivity contribution in [2.45, 2.75) is 150 Å². The molecule has 45 heteroatoms. The van der Waals surface area contributed by atoms with E-state index in [1.54, 1.807) is 73.3 Å². The first kappa shape index (κ1) is 105. The highest BCUT2D eigenvalue weighted by molar-refractivity contribution is 7.98. The Morgan fingerprint density at radius 2 is 0.724 bits per heavy atom. The van der Waals surface area contributed by atoms with Crippen LogP contribution < -0.4 is 64.6 Å². The number of carboxylic acids is 7. The molecule has 5 aromatic rings. The fourth-order valence-electron chi connectivity index (χ4n) is 13.1. The summed E-state index contributed by atoms with van der Waals surface area (Å²) in [6.45, 7) is -3.14. The largest absolute Gasteiger partial charge is 0.508 e. The monoisotopic (exact) mass is 1810 g/mol. The van der Waals surface area contributed by atoms with E-state index < -0.39 is 244 Å². The molecule has 5 rings (SSSR count). The number of nitrogens with zero attached hydrogens (tertiary/aromatic N) is 3. The number of aromatic amines is 1. The first-order valence-electron chi connectivity index (χ1n) is 40.2. The number of hydrogen-bond acceptors (Lipinski definition) is 26. The van der Waals surface area contributed by atoms with Crippen molar-refractivity contribution in [1.29, 1.82) is 0 Å². The Bertz CT molecular complexity index is 4510. The van der Waals surface area contributed by atoms with Crippen LogP contribution in [0.1, 0.15) is 86.5 Å². The van der Waals surface area contributed by atoms with Crippen LogP contribution in [0.15, 0.2) is 109 Å². The summed E-state index contributed by atoms with van der Waals surface area (Å²) in [4.78, 5) is 249. The number of fused-ring (bicyclic) bond motifs is 1. The number of nitrogens with one attached hydrogen (secondary N) is 11. The number of nitrogens with two attached hydrogens (primary N) is 2. The number of aromatic nitrogens is 1. The molecule has 0 spiro atoms. The second-order valence-electron chi connectivity index (χ2n) is 29.5. The van der Waals surface area contributed by atoms with Gasteiger partial charge >= 0.3 is 41.8 Å². The van der Waals surface area contributed by atoms with Crippen LogP contribution in [-0.2, 0) is 112 Å². The molecule has 0 aliphatic carbocycles. The number of primary amides is 1. The highest BCUT2D eigenvalue weighted by atomic mass is 32.2.